The maximum atomic E-state index is 12.4. The summed E-state index contributed by atoms with van der Waals surface area (Å²) in [7, 11) is -3.68. The van der Waals surface area contributed by atoms with Gasteiger partial charge in [-0.3, -0.25) is 24.1 Å². The molecule has 0 spiro atoms. The lowest BCUT2D eigenvalue weighted by molar-refractivity contribution is -0.384. The van der Waals surface area contributed by atoms with E-state index in [1.807, 2.05) is 12.1 Å². The van der Waals surface area contributed by atoms with Crippen molar-refractivity contribution in [2.45, 2.75) is 52.1 Å². The number of anilines is 1. The molecule has 190 valence electrons. The number of likely N-dealkylation sites (tertiary alicyclic amines) is 1. The van der Waals surface area contributed by atoms with Gasteiger partial charge in [-0.05, 0) is 56.0 Å². The van der Waals surface area contributed by atoms with Gasteiger partial charge in [0.2, 0.25) is 15.9 Å². The SMILES string of the molecule is Cc1ccc([N+](=O)[O-])cc1N(CCCC(=O)NCc1ccc(CN2CCCCC2)cc1)S(C)(=O)=O. The minimum atomic E-state index is -3.68. The molecule has 9 nitrogen and oxygen atoms in total. The molecule has 3 rings (SSSR count). The van der Waals surface area contributed by atoms with Crippen LogP contribution in [0, 0.1) is 17.0 Å². The predicted octanol–water partition coefficient (Wildman–Crippen LogP) is 3.75. The zero-order valence-electron chi connectivity index (χ0n) is 20.4. The molecule has 35 heavy (non-hydrogen) atoms. The van der Waals surface area contributed by atoms with Crippen molar-refractivity contribution in [3.8, 4) is 0 Å². The number of hydrogen-bond acceptors (Lipinski definition) is 6. The number of nitrogens with zero attached hydrogens (tertiary/aromatic N) is 3. The van der Waals surface area contributed by atoms with Gasteiger partial charge in [-0.15, -0.1) is 0 Å². The van der Waals surface area contributed by atoms with Crippen molar-refractivity contribution in [3.63, 3.8) is 0 Å². The van der Waals surface area contributed by atoms with Crippen LogP contribution in [-0.4, -0.2) is 50.0 Å². The van der Waals surface area contributed by atoms with E-state index in [2.05, 4.69) is 22.3 Å². The highest BCUT2D eigenvalue weighted by molar-refractivity contribution is 7.92. The number of hydrogen-bond donors (Lipinski definition) is 1. The van der Waals surface area contributed by atoms with Gasteiger partial charge in [-0.1, -0.05) is 36.8 Å². The summed E-state index contributed by atoms with van der Waals surface area (Å²) < 4.78 is 25.8. The van der Waals surface area contributed by atoms with Gasteiger partial charge in [0.1, 0.15) is 0 Å². The summed E-state index contributed by atoms with van der Waals surface area (Å²) >= 11 is 0. The van der Waals surface area contributed by atoms with Gasteiger partial charge in [0.05, 0.1) is 16.9 Å². The zero-order valence-corrected chi connectivity index (χ0v) is 21.2. The molecule has 1 heterocycles. The van der Waals surface area contributed by atoms with E-state index in [9.17, 15) is 23.3 Å². The molecule has 1 fully saturated rings. The third-order valence-electron chi connectivity index (χ3n) is 6.21. The lowest BCUT2D eigenvalue weighted by Crippen LogP contribution is -2.32. The van der Waals surface area contributed by atoms with E-state index in [1.54, 1.807) is 6.92 Å². The van der Waals surface area contributed by atoms with Crippen LogP contribution in [0.2, 0.25) is 0 Å². The molecule has 1 amide bonds. The van der Waals surface area contributed by atoms with E-state index in [1.165, 1.54) is 43.0 Å². The first kappa shape index (κ1) is 26.6. The summed E-state index contributed by atoms with van der Waals surface area (Å²) in [5, 5.41) is 14.0. The number of aryl methyl sites for hydroxylation is 1. The van der Waals surface area contributed by atoms with E-state index in [4.69, 9.17) is 0 Å². The van der Waals surface area contributed by atoms with Crippen molar-refractivity contribution in [2.75, 3.05) is 30.2 Å². The third-order valence-corrected chi connectivity index (χ3v) is 7.39. The van der Waals surface area contributed by atoms with Crippen LogP contribution in [0.4, 0.5) is 11.4 Å². The van der Waals surface area contributed by atoms with Gasteiger partial charge in [0, 0.05) is 38.2 Å². The van der Waals surface area contributed by atoms with Crippen LogP contribution in [0.5, 0.6) is 0 Å². The molecule has 10 heteroatoms. The van der Waals surface area contributed by atoms with Crippen molar-refractivity contribution in [3.05, 3.63) is 69.3 Å². The van der Waals surface area contributed by atoms with E-state index in [0.29, 0.717) is 12.1 Å². The second-order valence-electron chi connectivity index (χ2n) is 9.10. The molecule has 2 aromatic rings. The molecule has 0 atom stereocenters. The molecule has 1 N–H and O–H groups in total. The van der Waals surface area contributed by atoms with Crippen molar-refractivity contribution in [1.82, 2.24) is 10.2 Å². The van der Waals surface area contributed by atoms with Crippen LogP contribution in [0.1, 0.15) is 48.8 Å². The summed E-state index contributed by atoms with van der Waals surface area (Å²) in [6.07, 6.45) is 5.33. The highest BCUT2D eigenvalue weighted by atomic mass is 32.2. The molecule has 2 aromatic carbocycles. The van der Waals surface area contributed by atoms with Gasteiger partial charge >= 0.3 is 0 Å². The molecular weight excluding hydrogens is 468 g/mol. The Morgan fingerprint density at radius 1 is 1.09 bits per heavy atom. The zero-order chi connectivity index (χ0) is 25.4. The first-order valence-electron chi connectivity index (χ1n) is 11.9. The number of benzene rings is 2. The van der Waals surface area contributed by atoms with Gasteiger partial charge in [-0.25, -0.2) is 8.42 Å². The maximum Gasteiger partial charge on any atom is 0.271 e. The Hall–Kier alpha value is -2.98. The first-order valence-corrected chi connectivity index (χ1v) is 13.8. The summed E-state index contributed by atoms with van der Waals surface area (Å²) in [4.78, 5) is 25.4. The van der Waals surface area contributed by atoms with Gasteiger partial charge in [0.15, 0.2) is 0 Å². The number of amides is 1. The van der Waals surface area contributed by atoms with Crippen molar-refractivity contribution < 1.29 is 18.1 Å². The molecular formula is C25H34N4O5S. The summed E-state index contributed by atoms with van der Waals surface area (Å²) in [5.41, 5.74) is 2.95. The topological polar surface area (TPSA) is 113 Å². The van der Waals surface area contributed by atoms with E-state index < -0.39 is 14.9 Å². The monoisotopic (exact) mass is 502 g/mol. The highest BCUT2D eigenvalue weighted by Gasteiger charge is 2.22. The standard InChI is InChI=1S/C25H34N4O5S/c1-20-8-13-23(29(31)32)17-24(20)28(35(2,33)34)16-6-7-25(30)26-18-21-9-11-22(12-10-21)19-27-14-4-3-5-15-27/h8-13,17H,3-7,14-16,18-19H2,1-2H3,(H,26,30). The van der Waals surface area contributed by atoms with Gasteiger partial charge < -0.3 is 5.32 Å². The van der Waals surface area contributed by atoms with Gasteiger partial charge in [0.25, 0.3) is 5.69 Å². The first-order chi connectivity index (χ1) is 16.6. The van der Waals surface area contributed by atoms with Crippen LogP contribution in [0.15, 0.2) is 42.5 Å². The molecule has 0 aliphatic carbocycles. The number of piperidine rings is 1. The Morgan fingerprint density at radius 3 is 2.37 bits per heavy atom. The highest BCUT2D eigenvalue weighted by Crippen LogP contribution is 2.27. The van der Waals surface area contributed by atoms with Crippen LogP contribution in [0.3, 0.4) is 0 Å². The number of carbonyl (C=O) groups is 1. The molecule has 0 saturated carbocycles. The molecule has 0 bridgehead atoms. The predicted molar refractivity (Wildman–Crippen MR) is 137 cm³/mol. The fourth-order valence-electron chi connectivity index (χ4n) is 4.26. The Kier molecular flexibility index (Phi) is 9.22. The number of nitrogens with one attached hydrogen (secondary N) is 1. The molecule has 1 aliphatic heterocycles. The Morgan fingerprint density at radius 2 is 1.74 bits per heavy atom. The minimum absolute atomic E-state index is 0.0550. The van der Waals surface area contributed by atoms with Crippen molar-refractivity contribution >= 4 is 27.3 Å². The molecule has 0 radical (unpaired) electrons. The van der Waals surface area contributed by atoms with Crippen LogP contribution < -0.4 is 9.62 Å². The Labute approximate surface area is 207 Å². The van der Waals surface area contributed by atoms with E-state index >= 15 is 0 Å². The third kappa shape index (κ3) is 8.03. The minimum Gasteiger partial charge on any atom is -0.352 e. The quantitative estimate of drug-likeness (QED) is 0.370. The molecule has 1 saturated heterocycles. The number of sulfonamides is 1. The number of carbonyl (C=O) groups excluding carboxylic acids is 1. The molecule has 0 aromatic heterocycles. The van der Waals surface area contributed by atoms with Crippen LogP contribution >= 0.6 is 0 Å². The van der Waals surface area contributed by atoms with Crippen molar-refractivity contribution in [2.24, 2.45) is 0 Å². The second kappa shape index (κ2) is 12.1. The summed E-state index contributed by atoms with van der Waals surface area (Å²) in [5.74, 6) is -0.174. The van der Waals surface area contributed by atoms with Crippen LogP contribution in [0.25, 0.3) is 0 Å². The van der Waals surface area contributed by atoms with E-state index in [-0.39, 0.29) is 36.7 Å². The summed E-state index contributed by atoms with van der Waals surface area (Å²) in [6.45, 7) is 5.40. The number of non-ortho nitro benzene ring substituents is 1. The lowest BCUT2D eigenvalue weighted by atomic mass is 10.1. The fourth-order valence-corrected chi connectivity index (χ4v) is 5.27. The number of nitro groups is 1. The second-order valence-corrected chi connectivity index (χ2v) is 11.0. The van der Waals surface area contributed by atoms with Crippen molar-refractivity contribution in [1.29, 1.82) is 0 Å². The van der Waals surface area contributed by atoms with Crippen LogP contribution in [-0.2, 0) is 27.9 Å². The fraction of sp³-hybridized carbons (Fsp3) is 0.480. The summed E-state index contributed by atoms with van der Waals surface area (Å²) in [6, 6.07) is 12.4. The number of rotatable bonds is 11. The maximum absolute atomic E-state index is 12.4. The largest absolute Gasteiger partial charge is 0.352 e. The Bertz CT molecular complexity index is 1130. The molecule has 1 aliphatic rings. The van der Waals surface area contributed by atoms with E-state index in [0.717, 1.165) is 35.8 Å². The average Bonchev–Trinajstić information content (AvgIpc) is 2.82. The number of nitro benzene ring substituents is 1. The average molecular weight is 503 g/mol. The Balaban J connectivity index is 1.49. The molecule has 0 unspecified atom stereocenters. The van der Waals surface area contributed by atoms with Gasteiger partial charge in [-0.2, -0.15) is 0 Å². The lowest BCUT2D eigenvalue weighted by Gasteiger charge is -2.26. The smallest absolute Gasteiger partial charge is 0.271 e. The normalized spacial score (nSPS) is 14.5.